The van der Waals surface area contributed by atoms with Gasteiger partial charge in [0.1, 0.15) is 23.5 Å². The van der Waals surface area contributed by atoms with E-state index in [-0.39, 0.29) is 16.7 Å². The van der Waals surface area contributed by atoms with E-state index in [1.807, 2.05) is 30.4 Å². The van der Waals surface area contributed by atoms with E-state index in [9.17, 15) is 5.11 Å². The van der Waals surface area contributed by atoms with E-state index in [4.69, 9.17) is 22.1 Å². The first kappa shape index (κ1) is 16.9. The summed E-state index contributed by atoms with van der Waals surface area (Å²) >= 11 is 5.90. The van der Waals surface area contributed by atoms with Crippen molar-refractivity contribution in [2.75, 3.05) is 0 Å². The first-order valence-electron chi connectivity index (χ1n) is 7.25. The molecule has 1 aromatic carbocycles. The number of hydrogen-bond acceptors (Lipinski definition) is 3. The van der Waals surface area contributed by atoms with Crippen LogP contribution in [0.4, 0.5) is 0 Å². The molecule has 0 saturated carbocycles. The molecule has 4 heteroatoms. The Bertz CT molecular complexity index is 786. The van der Waals surface area contributed by atoms with Gasteiger partial charge in [0.25, 0.3) is 0 Å². The van der Waals surface area contributed by atoms with E-state index in [1.54, 1.807) is 18.2 Å². The van der Waals surface area contributed by atoms with Crippen LogP contribution in [0.5, 0.6) is 5.75 Å². The molecule has 3 nitrogen and oxygen atoms in total. The Morgan fingerprint density at radius 3 is 2.52 bits per heavy atom. The maximum atomic E-state index is 9.44. The average molecular weight is 325 g/mol. The molecule has 0 bridgehead atoms. The minimum atomic E-state index is -0.00466. The Morgan fingerprint density at radius 2 is 1.91 bits per heavy atom. The largest absolute Gasteiger partial charge is 0.506 e. The van der Waals surface area contributed by atoms with E-state index >= 15 is 0 Å². The molecular weight excluding hydrogens is 308 g/mol. The second-order valence-electron chi connectivity index (χ2n) is 6.41. The van der Waals surface area contributed by atoms with Crippen molar-refractivity contribution in [1.82, 2.24) is 0 Å². The van der Waals surface area contributed by atoms with Gasteiger partial charge in [-0.25, -0.2) is 0 Å². The lowest BCUT2D eigenvalue weighted by Gasteiger charge is -2.30. The average Bonchev–Trinajstić information content (AvgIpc) is 2.48. The van der Waals surface area contributed by atoms with Crippen molar-refractivity contribution in [3.8, 4) is 17.9 Å². The lowest BCUT2D eigenvalue weighted by Crippen LogP contribution is -2.17. The first-order chi connectivity index (χ1) is 10.8. The Morgan fingerprint density at radius 1 is 1.22 bits per heavy atom. The second kappa shape index (κ2) is 6.73. The van der Waals surface area contributed by atoms with Crippen LogP contribution in [0, 0.1) is 28.1 Å². The number of hydrogen-bond donors (Lipinski definition) is 1. The summed E-state index contributed by atoms with van der Waals surface area (Å²) in [5.74, 6) is 0.0553. The molecule has 0 unspecified atom stereocenters. The van der Waals surface area contributed by atoms with Gasteiger partial charge in [0, 0.05) is 0 Å². The van der Waals surface area contributed by atoms with Crippen LogP contribution >= 0.6 is 11.6 Å². The van der Waals surface area contributed by atoms with E-state index in [1.165, 1.54) is 0 Å². The number of nitriles is 2. The molecule has 0 fully saturated rings. The number of phenols is 1. The highest BCUT2D eigenvalue weighted by atomic mass is 35.5. The van der Waals surface area contributed by atoms with E-state index in [0.29, 0.717) is 11.4 Å². The fourth-order valence-electron chi connectivity index (χ4n) is 2.72. The van der Waals surface area contributed by atoms with Gasteiger partial charge in [-0.15, -0.1) is 0 Å². The summed E-state index contributed by atoms with van der Waals surface area (Å²) in [6.07, 6.45) is 7.38. The Kier molecular flexibility index (Phi) is 4.94. The predicted octanol–water partition coefficient (Wildman–Crippen LogP) is 5.15. The molecule has 1 aliphatic rings. The Hall–Kier alpha value is -2.49. The van der Waals surface area contributed by atoms with Crippen LogP contribution < -0.4 is 0 Å². The molecule has 0 spiro atoms. The number of aromatic hydroxyl groups is 1. The van der Waals surface area contributed by atoms with E-state index in [2.05, 4.69) is 13.8 Å². The van der Waals surface area contributed by atoms with Crippen molar-refractivity contribution in [1.29, 1.82) is 10.5 Å². The van der Waals surface area contributed by atoms with Crippen molar-refractivity contribution in [2.24, 2.45) is 5.41 Å². The third-order valence-corrected chi connectivity index (χ3v) is 4.02. The highest BCUT2D eigenvalue weighted by Gasteiger charge is 2.26. The second-order valence-corrected chi connectivity index (χ2v) is 6.81. The van der Waals surface area contributed by atoms with Crippen LogP contribution in [0.1, 0.15) is 32.3 Å². The van der Waals surface area contributed by atoms with Crippen molar-refractivity contribution < 1.29 is 5.11 Å². The van der Waals surface area contributed by atoms with Crippen LogP contribution in [0.2, 0.25) is 5.02 Å². The molecule has 0 aromatic heterocycles. The summed E-state index contributed by atoms with van der Waals surface area (Å²) in [6.45, 7) is 4.25. The van der Waals surface area contributed by atoms with Crippen molar-refractivity contribution >= 4 is 17.7 Å². The van der Waals surface area contributed by atoms with Gasteiger partial charge in [0.05, 0.1) is 5.02 Å². The third-order valence-electron chi connectivity index (χ3n) is 3.72. The van der Waals surface area contributed by atoms with Gasteiger partial charge in [-0.3, -0.25) is 0 Å². The predicted molar refractivity (Wildman–Crippen MR) is 91.5 cm³/mol. The smallest absolute Gasteiger partial charge is 0.134 e. The monoisotopic (exact) mass is 324 g/mol. The highest BCUT2D eigenvalue weighted by molar-refractivity contribution is 6.32. The van der Waals surface area contributed by atoms with Gasteiger partial charge < -0.3 is 5.11 Å². The first-order valence-corrected chi connectivity index (χ1v) is 7.63. The molecular formula is C19H17ClN2O. The zero-order valence-electron chi connectivity index (χ0n) is 13.1. The summed E-state index contributed by atoms with van der Waals surface area (Å²) < 4.78 is 0. The van der Waals surface area contributed by atoms with Crippen LogP contribution in [0.3, 0.4) is 0 Å². The molecule has 0 radical (unpaired) electrons. The standard InChI is InChI=1S/C19H17ClN2O/c1-19(2)9-14(7-15(10-19)16(11-21)12-22)4-3-13-5-6-18(23)17(20)8-13/h3-8,23H,9-10H2,1-2H3/b4-3+. The van der Waals surface area contributed by atoms with Crippen LogP contribution in [0.25, 0.3) is 6.08 Å². The lowest BCUT2D eigenvalue weighted by molar-refractivity contribution is 0.354. The molecule has 0 saturated heterocycles. The van der Waals surface area contributed by atoms with Crippen LogP contribution in [0.15, 0.2) is 47.1 Å². The lowest BCUT2D eigenvalue weighted by atomic mass is 9.74. The number of benzene rings is 1. The van der Waals surface area contributed by atoms with Gasteiger partial charge in [-0.05, 0) is 47.1 Å². The molecule has 0 heterocycles. The number of rotatable bonds is 2. The molecule has 1 aliphatic carbocycles. The molecule has 116 valence electrons. The summed E-state index contributed by atoms with van der Waals surface area (Å²) in [7, 11) is 0. The topological polar surface area (TPSA) is 67.8 Å². The van der Waals surface area contributed by atoms with Crippen LogP contribution in [-0.4, -0.2) is 5.11 Å². The number of halogens is 1. The van der Waals surface area contributed by atoms with Crippen molar-refractivity contribution in [2.45, 2.75) is 26.7 Å². The van der Waals surface area contributed by atoms with E-state index < -0.39 is 0 Å². The fraction of sp³-hybridized carbons (Fsp3) is 0.263. The Balaban J connectivity index is 2.36. The Labute approximate surface area is 141 Å². The number of allylic oxidation sites excluding steroid dienone is 5. The van der Waals surface area contributed by atoms with Crippen molar-refractivity contribution in [3.63, 3.8) is 0 Å². The van der Waals surface area contributed by atoms with Crippen LogP contribution in [-0.2, 0) is 0 Å². The molecule has 1 N–H and O–H groups in total. The molecule has 23 heavy (non-hydrogen) atoms. The molecule has 0 amide bonds. The maximum absolute atomic E-state index is 9.44. The van der Waals surface area contributed by atoms with Gasteiger partial charge in [-0.1, -0.05) is 49.7 Å². The zero-order valence-corrected chi connectivity index (χ0v) is 13.9. The third kappa shape index (κ3) is 4.25. The highest BCUT2D eigenvalue weighted by Crippen LogP contribution is 2.39. The molecule has 1 aromatic rings. The summed E-state index contributed by atoms with van der Waals surface area (Å²) in [5.41, 5.74) is 2.90. The van der Waals surface area contributed by atoms with Crippen molar-refractivity contribution in [3.05, 3.63) is 57.7 Å². The fourth-order valence-corrected chi connectivity index (χ4v) is 2.91. The van der Waals surface area contributed by atoms with Gasteiger partial charge in [-0.2, -0.15) is 10.5 Å². The molecule has 2 rings (SSSR count). The minimum absolute atomic E-state index is 0.00466. The normalized spacial score (nSPS) is 16.6. The quantitative estimate of drug-likeness (QED) is 0.765. The maximum Gasteiger partial charge on any atom is 0.134 e. The number of nitrogens with zero attached hydrogens (tertiary/aromatic N) is 2. The van der Waals surface area contributed by atoms with Gasteiger partial charge in [0.2, 0.25) is 0 Å². The minimum Gasteiger partial charge on any atom is -0.506 e. The zero-order chi connectivity index (χ0) is 17.0. The van der Waals surface area contributed by atoms with Gasteiger partial charge >= 0.3 is 0 Å². The SMILES string of the molecule is CC1(C)CC(/C=C/c2ccc(O)c(Cl)c2)=CC(=C(C#N)C#N)C1. The number of phenolic OH excluding ortho intramolecular Hbond substituents is 1. The molecule has 0 aliphatic heterocycles. The summed E-state index contributed by atoms with van der Waals surface area (Å²) in [6, 6.07) is 8.96. The summed E-state index contributed by atoms with van der Waals surface area (Å²) in [4.78, 5) is 0. The van der Waals surface area contributed by atoms with E-state index in [0.717, 1.165) is 23.1 Å². The molecule has 0 atom stereocenters. The van der Waals surface area contributed by atoms with Gasteiger partial charge in [0.15, 0.2) is 0 Å². The summed E-state index contributed by atoms with van der Waals surface area (Å²) in [5, 5.41) is 27.9.